The summed E-state index contributed by atoms with van der Waals surface area (Å²) < 4.78 is 5.08. The summed E-state index contributed by atoms with van der Waals surface area (Å²) in [7, 11) is 1.00. The Labute approximate surface area is 89.4 Å². The number of aliphatic hydroxyl groups excluding tert-OH is 1. The van der Waals surface area contributed by atoms with E-state index < -0.39 is 5.97 Å². The Morgan fingerprint density at radius 1 is 1.60 bits per heavy atom. The highest BCUT2D eigenvalue weighted by Gasteiger charge is 2.17. The third-order valence-electron chi connectivity index (χ3n) is 1.43. The topological polar surface area (TPSA) is 122 Å². The first-order valence-corrected chi connectivity index (χ1v) is 4.29. The van der Waals surface area contributed by atoms with Crippen LogP contribution in [0.15, 0.2) is 0 Å². The van der Waals surface area contributed by atoms with E-state index in [0.717, 1.165) is 26.6 Å². The Morgan fingerprint density at radius 2 is 2.07 bits per heavy atom. The van der Waals surface area contributed by atoms with Gasteiger partial charge in [0.25, 0.3) is 0 Å². The van der Waals surface area contributed by atoms with E-state index in [4.69, 9.17) is 20.2 Å². The molecule has 0 radical (unpaired) electrons. The molecule has 1 rings (SSSR count). The number of carboxylic acid groups (broad SMARTS) is 1. The lowest BCUT2D eigenvalue weighted by Crippen LogP contribution is -2.10. The third kappa shape index (κ3) is 15.6. The van der Waals surface area contributed by atoms with Crippen molar-refractivity contribution in [2.24, 2.45) is 0 Å². The predicted octanol–water partition coefficient (Wildman–Crippen LogP) is -0.0462. The molecule has 1 fully saturated rings. The van der Waals surface area contributed by atoms with E-state index in [2.05, 4.69) is 0 Å². The van der Waals surface area contributed by atoms with Crippen molar-refractivity contribution in [1.29, 1.82) is 5.26 Å². The van der Waals surface area contributed by atoms with Crippen molar-refractivity contribution in [3.05, 3.63) is 0 Å². The minimum atomic E-state index is -0.762. The van der Waals surface area contributed by atoms with Gasteiger partial charge in [0, 0.05) is 20.6 Å². The van der Waals surface area contributed by atoms with Crippen LogP contribution < -0.4 is 0 Å². The van der Waals surface area contributed by atoms with Crippen molar-refractivity contribution < 1.29 is 25.2 Å². The first kappa shape index (κ1) is 19.4. The largest absolute Gasteiger partial charge is 0.481 e. The first-order chi connectivity index (χ1) is 6.70. The molecular weight excluding hydrogens is 202 g/mol. The number of hydrogen-bond donors (Lipinski definition) is 2. The summed E-state index contributed by atoms with van der Waals surface area (Å²) in [4.78, 5) is 10.1. The average Bonchev–Trinajstić information content (AvgIpc) is 2.61. The van der Waals surface area contributed by atoms with Gasteiger partial charge in [-0.05, 0) is 12.8 Å². The highest BCUT2D eigenvalue weighted by molar-refractivity contribution is 5.67. The molecule has 4 N–H and O–H groups in total. The molecule has 1 saturated heterocycles. The molecule has 0 bridgehead atoms. The summed E-state index contributed by atoms with van der Waals surface area (Å²) >= 11 is 0. The molecule has 1 aliphatic rings. The third-order valence-corrected chi connectivity index (χ3v) is 1.43. The Bertz CT molecular complexity index is 172. The van der Waals surface area contributed by atoms with Gasteiger partial charge in [-0.2, -0.15) is 5.26 Å². The van der Waals surface area contributed by atoms with Crippen LogP contribution in [0.25, 0.3) is 0 Å². The van der Waals surface area contributed by atoms with Crippen molar-refractivity contribution in [3.63, 3.8) is 0 Å². The molecule has 1 heterocycles. The van der Waals surface area contributed by atoms with E-state index in [0.29, 0.717) is 0 Å². The lowest BCUT2D eigenvalue weighted by molar-refractivity contribution is -0.139. The van der Waals surface area contributed by atoms with Gasteiger partial charge in [-0.25, -0.2) is 0 Å². The fourth-order valence-electron chi connectivity index (χ4n) is 1.00. The number of nitriles is 1. The molecule has 0 spiro atoms. The van der Waals surface area contributed by atoms with Crippen molar-refractivity contribution in [2.45, 2.75) is 32.3 Å². The lowest BCUT2D eigenvalue weighted by atomic mass is 10.2. The summed E-state index contributed by atoms with van der Waals surface area (Å²) in [5.41, 5.74) is 0. The van der Waals surface area contributed by atoms with E-state index in [1.807, 2.05) is 0 Å². The van der Waals surface area contributed by atoms with Crippen LogP contribution in [-0.2, 0) is 9.53 Å². The van der Waals surface area contributed by atoms with Crippen LogP contribution in [0.2, 0.25) is 0 Å². The summed E-state index contributed by atoms with van der Waals surface area (Å²) in [5.74, 6) is -0.762. The van der Waals surface area contributed by atoms with Gasteiger partial charge in [0.05, 0.1) is 18.6 Å². The summed E-state index contributed by atoms with van der Waals surface area (Å²) in [6.45, 7) is 2.16. The van der Waals surface area contributed by atoms with Gasteiger partial charge in [0.15, 0.2) is 0 Å². The van der Waals surface area contributed by atoms with Gasteiger partial charge in [0.1, 0.15) is 0 Å². The van der Waals surface area contributed by atoms with E-state index in [-0.39, 0.29) is 18.0 Å². The van der Waals surface area contributed by atoms with E-state index in [1.165, 1.54) is 6.92 Å². The molecule has 0 aliphatic carbocycles. The zero-order chi connectivity index (χ0) is 11.4. The van der Waals surface area contributed by atoms with E-state index in [9.17, 15) is 4.79 Å². The second-order valence-electron chi connectivity index (χ2n) is 2.46. The first-order valence-electron chi connectivity index (χ1n) is 4.29. The summed E-state index contributed by atoms with van der Waals surface area (Å²) in [5, 5.41) is 22.6. The summed E-state index contributed by atoms with van der Waals surface area (Å²) in [6.07, 6.45) is 2.08. The zero-order valence-corrected chi connectivity index (χ0v) is 9.06. The molecule has 15 heavy (non-hydrogen) atoms. The minimum absolute atomic E-state index is 0. The molecule has 0 aromatic heterocycles. The minimum Gasteiger partial charge on any atom is -0.481 e. The maximum absolute atomic E-state index is 10.1. The molecule has 1 atom stereocenters. The molecule has 1 aliphatic heterocycles. The van der Waals surface area contributed by atoms with Gasteiger partial charge in [-0.1, -0.05) is 0 Å². The van der Waals surface area contributed by atoms with Crippen molar-refractivity contribution in [3.8, 4) is 6.07 Å². The van der Waals surface area contributed by atoms with Crippen LogP contribution in [0.5, 0.6) is 0 Å². The highest BCUT2D eigenvalue weighted by Crippen LogP contribution is 2.14. The van der Waals surface area contributed by atoms with Gasteiger partial charge in [0.2, 0.25) is 0 Å². The number of nitrogens with zero attached hydrogens (tertiary/aromatic N) is 1. The van der Waals surface area contributed by atoms with Gasteiger partial charge >= 0.3 is 5.97 Å². The number of hydrogen-bond acceptors (Lipinski definition) is 4. The Morgan fingerprint density at radius 3 is 2.33 bits per heavy atom. The maximum Gasteiger partial charge on any atom is 0.305 e. The summed E-state index contributed by atoms with van der Waals surface area (Å²) in [6, 6.07) is 1.75. The normalized spacial score (nSPS) is 16.8. The molecule has 0 amide bonds. The number of ether oxygens (including phenoxy) is 1. The van der Waals surface area contributed by atoms with Gasteiger partial charge < -0.3 is 20.4 Å². The van der Waals surface area contributed by atoms with Crippen molar-refractivity contribution >= 4 is 5.97 Å². The van der Waals surface area contributed by atoms with Crippen LogP contribution in [0.1, 0.15) is 26.2 Å². The number of carbonyl (C=O) groups is 1. The van der Waals surface area contributed by atoms with Gasteiger partial charge in [-0.15, -0.1) is 0 Å². The van der Waals surface area contributed by atoms with Crippen LogP contribution >= 0.6 is 0 Å². The number of aliphatic carboxylic acids is 1. The molecule has 6 nitrogen and oxygen atoms in total. The molecule has 0 aromatic carbocycles. The zero-order valence-electron chi connectivity index (χ0n) is 9.06. The Hall–Kier alpha value is -1.16. The molecule has 6 heteroatoms. The van der Waals surface area contributed by atoms with E-state index >= 15 is 0 Å². The SMILES string of the molecule is CC#N.CO.O.O=C(O)CC1CCCO1. The predicted molar refractivity (Wildman–Crippen MR) is 54.3 cm³/mol. The monoisotopic (exact) mass is 221 g/mol. The van der Waals surface area contributed by atoms with Crippen LogP contribution in [0, 0.1) is 11.3 Å². The number of carboxylic acids is 1. The van der Waals surface area contributed by atoms with Crippen LogP contribution in [0.4, 0.5) is 0 Å². The smallest absolute Gasteiger partial charge is 0.305 e. The number of rotatable bonds is 2. The fourth-order valence-corrected chi connectivity index (χ4v) is 1.00. The second kappa shape index (κ2) is 15.3. The average molecular weight is 221 g/mol. The van der Waals surface area contributed by atoms with Gasteiger partial charge in [-0.3, -0.25) is 4.79 Å². The molecule has 1 unspecified atom stereocenters. The quantitative estimate of drug-likeness (QED) is 0.677. The molecular formula is C9H19NO5. The molecule has 0 aromatic rings. The van der Waals surface area contributed by atoms with Crippen molar-refractivity contribution in [2.75, 3.05) is 13.7 Å². The second-order valence-corrected chi connectivity index (χ2v) is 2.46. The Balaban J connectivity index is -0.000000209. The van der Waals surface area contributed by atoms with Crippen LogP contribution in [0.3, 0.4) is 0 Å². The maximum atomic E-state index is 10.1. The molecule has 0 saturated carbocycles. The molecule has 90 valence electrons. The van der Waals surface area contributed by atoms with E-state index in [1.54, 1.807) is 6.07 Å². The fraction of sp³-hybridized carbons (Fsp3) is 0.778. The van der Waals surface area contributed by atoms with Crippen LogP contribution in [-0.4, -0.2) is 41.5 Å². The van der Waals surface area contributed by atoms with Crippen molar-refractivity contribution in [1.82, 2.24) is 0 Å². The number of aliphatic hydroxyl groups is 1. The standard InChI is InChI=1S/C6H10O3.C2H3N.CH4O.H2O/c7-6(8)4-5-2-1-3-9-5;1-2-3;1-2;/h5H,1-4H2,(H,7,8);1H3;2H,1H3;1H2. The highest BCUT2D eigenvalue weighted by atomic mass is 16.5. The Kier molecular flexibility index (Phi) is 19.8. The lowest BCUT2D eigenvalue weighted by Gasteiger charge is -2.02.